The molecule has 3 amide bonds. The molecule has 7 heteroatoms. The molecule has 2 rings (SSSR count). The molecule has 114 valence electrons. The minimum atomic E-state index is -0.737. The maximum atomic E-state index is 11.7. The average molecular weight is 317 g/mol. The molecule has 0 fully saturated rings. The number of benzene rings is 1. The number of primary amides is 1. The molecule has 0 unspecified atom stereocenters. The molecule has 1 heterocycles. The third kappa shape index (κ3) is 4.71. The second kappa shape index (κ2) is 7.37. The van der Waals surface area contributed by atoms with Crippen molar-refractivity contribution < 1.29 is 14.4 Å². The van der Waals surface area contributed by atoms with Crippen molar-refractivity contribution in [3.05, 3.63) is 52.2 Å². The number of nitrogens with two attached hydrogens (primary N) is 1. The molecule has 6 nitrogen and oxygen atoms in total. The van der Waals surface area contributed by atoms with E-state index in [1.165, 1.54) is 11.3 Å². The molecule has 0 aliphatic carbocycles. The molecule has 4 N–H and O–H groups in total. The highest BCUT2D eigenvalue weighted by atomic mass is 32.1. The Morgan fingerprint density at radius 1 is 1.05 bits per heavy atom. The SMILES string of the molecule is NC(=O)Cc1ccc(NC(=O)C(=O)NCc2cccs2)cc1. The second-order valence-corrected chi connectivity index (χ2v) is 5.59. The van der Waals surface area contributed by atoms with Gasteiger partial charge in [0.1, 0.15) is 0 Å². The summed E-state index contributed by atoms with van der Waals surface area (Å²) in [6.45, 7) is 0.321. The lowest BCUT2D eigenvalue weighted by Gasteiger charge is -2.06. The minimum Gasteiger partial charge on any atom is -0.369 e. The zero-order valence-electron chi connectivity index (χ0n) is 11.7. The van der Waals surface area contributed by atoms with E-state index in [9.17, 15) is 14.4 Å². The van der Waals surface area contributed by atoms with Crippen LogP contribution < -0.4 is 16.4 Å². The fraction of sp³-hybridized carbons (Fsp3) is 0.133. The Kier molecular flexibility index (Phi) is 5.26. The Labute approximate surface area is 131 Å². The monoisotopic (exact) mass is 317 g/mol. The van der Waals surface area contributed by atoms with Crippen LogP contribution in [0.2, 0.25) is 0 Å². The fourth-order valence-corrected chi connectivity index (χ4v) is 2.40. The lowest BCUT2D eigenvalue weighted by molar-refractivity contribution is -0.136. The Morgan fingerprint density at radius 3 is 2.36 bits per heavy atom. The lowest BCUT2D eigenvalue weighted by Crippen LogP contribution is -2.34. The van der Waals surface area contributed by atoms with Gasteiger partial charge in [-0.05, 0) is 29.1 Å². The molecule has 0 spiro atoms. The second-order valence-electron chi connectivity index (χ2n) is 4.56. The van der Waals surface area contributed by atoms with Gasteiger partial charge in [0, 0.05) is 10.6 Å². The third-order valence-electron chi connectivity index (χ3n) is 2.80. The van der Waals surface area contributed by atoms with E-state index in [0.29, 0.717) is 12.2 Å². The topological polar surface area (TPSA) is 101 Å². The number of hydrogen-bond acceptors (Lipinski definition) is 4. The number of anilines is 1. The van der Waals surface area contributed by atoms with Gasteiger partial charge < -0.3 is 16.4 Å². The van der Waals surface area contributed by atoms with Crippen LogP contribution in [-0.4, -0.2) is 17.7 Å². The number of amides is 3. The first-order valence-electron chi connectivity index (χ1n) is 6.53. The Morgan fingerprint density at radius 2 is 1.77 bits per heavy atom. The number of hydrogen-bond donors (Lipinski definition) is 3. The van der Waals surface area contributed by atoms with Crippen molar-refractivity contribution in [1.29, 1.82) is 0 Å². The average Bonchev–Trinajstić information content (AvgIpc) is 2.99. The highest BCUT2D eigenvalue weighted by molar-refractivity contribution is 7.09. The molecule has 0 aliphatic rings. The number of rotatable bonds is 5. The summed E-state index contributed by atoms with van der Waals surface area (Å²) in [5.41, 5.74) is 6.32. The first-order valence-corrected chi connectivity index (χ1v) is 7.41. The lowest BCUT2D eigenvalue weighted by atomic mass is 10.1. The van der Waals surface area contributed by atoms with E-state index in [0.717, 1.165) is 10.4 Å². The highest BCUT2D eigenvalue weighted by Gasteiger charge is 2.13. The van der Waals surface area contributed by atoms with Crippen molar-refractivity contribution in [2.45, 2.75) is 13.0 Å². The molecule has 0 radical (unpaired) electrons. The maximum absolute atomic E-state index is 11.7. The summed E-state index contributed by atoms with van der Waals surface area (Å²) < 4.78 is 0. The van der Waals surface area contributed by atoms with E-state index in [4.69, 9.17) is 5.73 Å². The van der Waals surface area contributed by atoms with Gasteiger partial charge in [-0.15, -0.1) is 11.3 Å². The smallest absolute Gasteiger partial charge is 0.313 e. The molecule has 0 atom stereocenters. The van der Waals surface area contributed by atoms with Gasteiger partial charge in [-0.25, -0.2) is 0 Å². The molecule has 2 aromatic rings. The molecule has 22 heavy (non-hydrogen) atoms. The summed E-state index contributed by atoms with van der Waals surface area (Å²) in [7, 11) is 0. The maximum Gasteiger partial charge on any atom is 0.313 e. The van der Waals surface area contributed by atoms with Crippen LogP contribution >= 0.6 is 11.3 Å². The van der Waals surface area contributed by atoms with Crippen molar-refractivity contribution in [2.24, 2.45) is 5.73 Å². The number of thiophene rings is 1. The first kappa shape index (κ1) is 15.7. The van der Waals surface area contributed by atoms with Gasteiger partial charge in [-0.2, -0.15) is 0 Å². The van der Waals surface area contributed by atoms with Gasteiger partial charge in [-0.3, -0.25) is 14.4 Å². The summed E-state index contributed by atoms with van der Waals surface area (Å²) in [6, 6.07) is 10.3. The summed E-state index contributed by atoms with van der Waals surface area (Å²) in [5.74, 6) is -1.86. The summed E-state index contributed by atoms with van der Waals surface area (Å²) >= 11 is 1.50. The van der Waals surface area contributed by atoms with Crippen molar-refractivity contribution >= 4 is 34.7 Å². The standard InChI is InChI=1S/C15H15N3O3S/c16-13(19)8-10-3-5-11(6-4-10)18-15(21)14(20)17-9-12-2-1-7-22-12/h1-7H,8-9H2,(H2,16,19)(H,17,20)(H,18,21). The van der Waals surface area contributed by atoms with E-state index in [1.807, 2.05) is 17.5 Å². The van der Waals surface area contributed by atoms with Gasteiger partial charge >= 0.3 is 11.8 Å². The Balaban J connectivity index is 1.85. The summed E-state index contributed by atoms with van der Waals surface area (Å²) in [5, 5.41) is 6.93. The number of nitrogens with one attached hydrogen (secondary N) is 2. The zero-order chi connectivity index (χ0) is 15.9. The largest absolute Gasteiger partial charge is 0.369 e. The highest BCUT2D eigenvalue weighted by Crippen LogP contribution is 2.10. The van der Waals surface area contributed by atoms with Gasteiger partial charge in [0.15, 0.2) is 0 Å². The van der Waals surface area contributed by atoms with Crippen LogP contribution in [0.3, 0.4) is 0 Å². The fourth-order valence-electron chi connectivity index (χ4n) is 1.76. The Bertz CT molecular complexity index is 666. The number of carbonyl (C=O) groups excluding carboxylic acids is 3. The third-order valence-corrected chi connectivity index (χ3v) is 3.68. The van der Waals surface area contributed by atoms with E-state index in [1.54, 1.807) is 24.3 Å². The number of carbonyl (C=O) groups is 3. The van der Waals surface area contributed by atoms with Gasteiger partial charge in [0.25, 0.3) is 0 Å². The van der Waals surface area contributed by atoms with E-state index in [-0.39, 0.29) is 6.42 Å². The first-order chi connectivity index (χ1) is 10.5. The van der Waals surface area contributed by atoms with Crippen LogP contribution in [-0.2, 0) is 27.3 Å². The van der Waals surface area contributed by atoms with Crippen LogP contribution in [0.4, 0.5) is 5.69 Å². The molecule has 0 bridgehead atoms. The summed E-state index contributed by atoms with van der Waals surface area (Å²) in [4.78, 5) is 35.2. The van der Waals surface area contributed by atoms with Crippen LogP contribution in [0.15, 0.2) is 41.8 Å². The van der Waals surface area contributed by atoms with Crippen LogP contribution in [0.1, 0.15) is 10.4 Å². The molecular formula is C15H15N3O3S. The van der Waals surface area contributed by atoms with Gasteiger partial charge in [0.2, 0.25) is 5.91 Å². The molecule has 0 saturated carbocycles. The van der Waals surface area contributed by atoms with E-state index < -0.39 is 17.7 Å². The normalized spacial score (nSPS) is 10.0. The van der Waals surface area contributed by atoms with Crippen LogP contribution in [0.25, 0.3) is 0 Å². The predicted octanol–water partition coefficient (Wildman–Crippen LogP) is 1.03. The van der Waals surface area contributed by atoms with Crippen LogP contribution in [0, 0.1) is 0 Å². The quantitative estimate of drug-likeness (QED) is 0.718. The molecule has 1 aromatic carbocycles. The molecule has 1 aromatic heterocycles. The zero-order valence-corrected chi connectivity index (χ0v) is 12.5. The molecule has 0 saturated heterocycles. The van der Waals surface area contributed by atoms with Gasteiger partial charge in [0.05, 0.1) is 13.0 Å². The molecular weight excluding hydrogens is 302 g/mol. The van der Waals surface area contributed by atoms with Crippen molar-refractivity contribution in [3.63, 3.8) is 0 Å². The minimum absolute atomic E-state index is 0.134. The van der Waals surface area contributed by atoms with E-state index in [2.05, 4.69) is 10.6 Å². The summed E-state index contributed by atoms with van der Waals surface area (Å²) in [6.07, 6.45) is 0.134. The molecule has 0 aliphatic heterocycles. The van der Waals surface area contributed by atoms with Crippen molar-refractivity contribution in [2.75, 3.05) is 5.32 Å². The Hall–Kier alpha value is -2.67. The predicted molar refractivity (Wildman–Crippen MR) is 84.1 cm³/mol. The van der Waals surface area contributed by atoms with Crippen LogP contribution in [0.5, 0.6) is 0 Å². The van der Waals surface area contributed by atoms with Gasteiger partial charge in [-0.1, -0.05) is 18.2 Å². The van der Waals surface area contributed by atoms with Crippen molar-refractivity contribution in [3.8, 4) is 0 Å². The van der Waals surface area contributed by atoms with E-state index >= 15 is 0 Å². The van der Waals surface area contributed by atoms with Crippen molar-refractivity contribution in [1.82, 2.24) is 5.32 Å².